The first-order valence-electron chi connectivity index (χ1n) is 5.91. The number of nitrogens with zero attached hydrogens (tertiary/aromatic N) is 1. The highest BCUT2D eigenvalue weighted by Crippen LogP contribution is 2.18. The van der Waals surface area contributed by atoms with Gasteiger partial charge in [-0.15, -0.1) is 0 Å². The average molecular weight is 219 g/mol. The van der Waals surface area contributed by atoms with Gasteiger partial charge >= 0.3 is 0 Å². The summed E-state index contributed by atoms with van der Waals surface area (Å²) in [5.41, 5.74) is 1.00. The fraction of sp³-hybridized carbons (Fsp3) is 0.429. The summed E-state index contributed by atoms with van der Waals surface area (Å²) in [4.78, 5) is 0. The lowest BCUT2D eigenvalue weighted by Crippen LogP contribution is -1.98. The minimum Gasteiger partial charge on any atom is -0.347 e. The zero-order valence-electron chi connectivity index (χ0n) is 9.91. The van der Waals surface area contributed by atoms with E-state index in [0.29, 0.717) is 0 Å². The summed E-state index contributed by atoms with van der Waals surface area (Å²) in [6, 6.07) is 7.01. The van der Waals surface area contributed by atoms with Gasteiger partial charge in [-0.3, -0.25) is 0 Å². The zero-order chi connectivity index (χ0) is 11.5. The van der Waals surface area contributed by atoms with Crippen LogP contribution in [0.5, 0.6) is 0 Å². The lowest BCUT2D eigenvalue weighted by molar-refractivity contribution is 0.517. The van der Waals surface area contributed by atoms with Crippen LogP contribution in [-0.4, -0.2) is 4.57 Å². The summed E-state index contributed by atoms with van der Waals surface area (Å²) in [6.45, 7) is 5.44. The van der Waals surface area contributed by atoms with Crippen LogP contribution in [0.15, 0.2) is 30.5 Å². The number of rotatable bonds is 4. The van der Waals surface area contributed by atoms with E-state index in [1.54, 1.807) is 6.07 Å². The summed E-state index contributed by atoms with van der Waals surface area (Å²) in [6.07, 6.45) is 4.41. The Kier molecular flexibility index (Phi) is 3.28. The molecule has 0 aliphatic rings. The number of benzene rings is 1. The molecule has 16 heavy (non-hydrogen) atoms. The van der Waals surface area contributed by atoms with Crippen molar-refractivity contribution in [2.75, 3.05) is 0 Å². The van der Waals surface area contributed by atoms with E-state index in [9.17, 15) is 4.39 Å². The summed E-state index contributed by atoms with van der Waals surface area (Å²) < 4.78 is 15.3. The van der Waals surface area contributed by atoms with Gasteiger partial charge in [-0.1, -0.05) is 13.8 Å². The third kappa shape index (κ3) is 2.43. The van der Waals surface area contributed by atoms with Crippen molar-refractivity contribution in [2.45, 2.75) is 33.2 Å². The number of aryl methyl sites for hydroxylation is 1. The van der Waals surface area contributed by atoms with Gasteiger partial charge in [0.05, 0.1) is 5.52 Å². The summed E-state index contributed by atoms with van der Waals surface area (Å²) >= 11 is 0. The number of hydrogen-bond donors (Lipinski definition) is 0. The highest BCUT2D eigenvalue weighted by atomic mass is 19.1. The highest BCUT2D eigenvalue weighted by Gasteiger charge is 2.02. The van der Waals surface area contributed by atoms with E-state index in [0.717, 1.165) is 29.8 Å². The van der Waals surface area contributed by atoms with Crippen LogP contribution in [0.25, 0.3) is 10.9 Å². The quantitative estimate of drug-likeness (QED) is 0.725. The predicted octanol–water partition coefficient (Wildman–Crippen LogP) is 4.22. The Hall–Kier alpha value is -1.31. The molecule has 1 aromatic heterocycles. The topological polar surface area (TPSA) is 4.93 Å². The minimum absolute atomic E-state index is 0.156. The molecule has 0 saturated heterocycles. The van der Waals surface area contributed by atoms with Crippen molar-refractivity contribution in [1.82, 2.24) is 4.57 Å². The zero-order valence-corrected chi connectivity index (χ0v) is 9.91. The van der Waals surface area contributed by atoms with Gasteiger partial charge in [-0.05, 0) is 48.4 Å². The molecule has 0 aliphatic carbocycles. The van der Waals surface area contributed by atoms with Crippen LogP contribution in [0.3, 0.4) is 0 Å². The van der Waals surface area contributed by atoms with Gasteiger partial charge < -0.3 is 4.57 Å². The fourth-order valence-electron chi connectivity index (χ4n) is 2.02. The van der Waals surface area contributed by atoms with Crippen LogP contribution in [0, 0.1) is 11.7 Å². The number of halogens is 1. The average Bonchev–Trinajstić information content (AvgIpc) is 2.60. The van der Waals surface area contributed by atoms with Crippen molar-refractivity contribution in [3.63, 3.8) is 0 Å². The molecular formula is C14H18FN. The molecule has 2 aromatic rings. The van der Waals surface area contributed by atoms with Crippen molar-refractivity contribution < 1.29 is 4.39 Å². The van der Waals surface area contributed by atoms with Gasteiger partial charge in [0, 0.05) is 12.7 Å². The van der Waals surface area contributed by atoms with Gasteiger partial charge in [0.25, 0.3) is 0 Å². The molecule has 0 amide bonds. The molecule has 2 rings (SSSR count). The molecular weight excluding hydrogens is 201 g/mol. The van der Waals surface area contributed by atoms with Crippen LogP contribution in [-0.2, 0) is 6.54 Å². The van der Waals surface area contributed by atoms with Crippen molar-refractivity contribution in [3.8, 4) is 0 Å². The number of fused-ring (bicyclic) bond motifs is 1. The van der Waals surface area contributed by atoms with E-state index in [2.05, 4.69) is 18.4 Å². The van der Waals surface area contributed by atoms with Crippen molar-refractivity contribution >= 4 is 10.9 Å². The summed E-state index contributed by atoms with van der Waals surface area (Å²) in [5.74, 6) is 0.579. The van der Waals surface area contributed by atoms with E-state index in [1.807, 2.05) is 18.3 Å². The Labute approximate surface area is 95.9 Å². The normalized spacial score (nSPS) is 11.5. The third-order valence-corrected chi connectivity index (χ3v) is 2.92. The van der Waals surface area contributed by atoms with E-state index >= 15 is 0 Å². The van der Waals surface area contributed by atoms with Crippen molar-refractivity contribution in [3.05, 3.63) is 36.3 Å². The molecule has 0 spiro atoms. The van der Waals surface area contributed by atoms with Crippen molar-refractivity contribution in [1.29, 1.82) is 0 Å². The standard InChI is InChI=1S/C14H18FN/c1-11(2)4-3-8-16-9-7-12-5-6-13(15)10-14(12)16/h5-7,9-11H,3-4,8H2,1-2H3. The molecule has 0 fully saturated rings. The first-order chi connectivity index (χ1) is 7.66. The van der Waals surface area contributed by atoms with E-state index in [1.165, 1.54) is 12.5 Å². The molecule has 0 radical (unpaired) electrons. The highest BCUT2D eigenvalue weighted by molar-refractivity contribution is 5.80. The maximum atomic E-state index is 13.1. The largest absolute Gasteiger partial charge is 0.347 e. The molecule has 0 bridgehead atoms. The maximum Gasteiger partial charge on any atom is 0.125 e. The monoisotopic (exact) mass is 219 g/mol. The van der Waals surface area contributed by atoms with Crippen LogP contribution in [0.1, 0.15) is 26.7 Å². The molecule has 1 aromatic carbocycles. The molecule has 1 nitrogen and oxygen atoms in total. The van der Waals surface area contributed by atoms with E-state index in [4.69, 9.17) is 0 Å². The van der Waals surface area contributed by atoms with Gasteiger partial charge in [0.15, 0.2) is 0 Å². The van der Waals surface area contributed by atoms with Crippen molar-refractivity contribution in [2.24, 2.45) is 5.92 Å². The summed E-state index contributed by atoms with van der Waals surface area (Å²) in [5, 5.41) is 1.12. The second-order valence-electron chi connectivity index (χ2n) is 4.75. The second-order valence-corrected chi connectivity index (χ2v) is 4.75. The predicted molar refractivity (Wildman–Crippen MR) is 66.0 cm³/mol. The Morgan fingerprint density at radius 2 is 2.06 bits per heavy atom. The lowest BCUT2D eigenvalue weighted by Gasteiger charge is -2.07. The number of aromatic nitrogens is 1. The molecule has 0 saturated carbocycles. The number of hydrogen-bond acceptors (Lipinski definition) is 0. The molecule has 86 valence electrons. The van der Waals surface area contributed by atoms with Crippen LogP contribution in [0.4, 0.5) is 4.39 Å². The van der Waals surface area contributed by atoms with Crippen LogP contribution < -0.4 is 0 Å². The fourth-order valence-corrected chi connectivity index (χ4v) is 2.02. The Balaban J connectivity index is 2.15. The Morgan fingerprint density at radius 3 is 2.81 bits per heavy atom. The molecule has 0 N–H and O–H groups in total. The lowest BCUT2D eigenvalue weighted by atomic mass is 10.1. The minimum atomic E-state index is -0.156. The van der Waals surface area contributed by atoms with Crippen LogP contribution in [0.2, 0.25) is 0 Å². The molecule has 0 atom stereocenters. The first kappa shape index (κ1) is 11.2. The Morgan fingerprint density at radius 1 is 1.25 bits per heavy atom. The second kappa shape index (κ2) is 4.69. The maximum absolute atomic E-state index is 13.1. The molecule has 1 heterocycles. The molecule has 0 aliphatic heterocycles. The van der Waals surface area contributed by atoms with Gasteiger partial charge in [0.2, 0.25) is 0 Å². The summed E-state index contributed by atoms with van der Waals surface area (Å²) in [7, 11) is 0. The first-order valence-corrected chi connectivity index (χ1v) is 5.91. The molecule has 0 unspecified atom stereocenters. The SMILES string of the molecule is CC(C)CCCn1ccc2ccc(F)cc21. The smallest absolute Gasteiger partial charge is 0.125 e. The Bertz CT molecular complexity index is 471. The van der Waals surface area contributed by atoms with Gasteiger partial charge in [0.1, 0.15) is 5.82 Å². The van der Waals surface area contributed by atoms with E-state index in [-0.39, 0.29) is 5.82 Å². The molecule has 2 heteroatoms. The van der Waals surface area contributed by atoms with Gasteiger partial charge in [-0.25, -0.2) is 4.39 Å². The van der Waals surface area contributed by atoms with Crippen LogP contribution >= 0.6 is 0 Å². The third-order valence-electron chi connectivity index (χ3n) is 2.92. The van der Waals surface area contributed by atoms with Gasteiger partial charge in [-0.2, -0.15) is 0 Å². The van der Waals surface area contributed by atoms with E-state index < -0.39 is 0 Å².